The van der Waals surface area contributed by atoms with Gasteiger partial charge in [0.2, 0.25) is 0 Å². The van der Waals surface area contributed by atoms with Crippen molar-refractivity contribution in [3.05, 3.63) is 97.2 Å². The van der Waals surface area contributed by atoms with Gasteiger partial charge in [0, 0.05) is 19.4 Å². The van der Waals surface area contributed by atoms with Gasteiger partial charge in [-0.3, -0.25) is 9.59 Å². The molecule has 0 aliphatic carbocycles. The van der Waals surface area contributed by atoms with E-state index < -0.39 is 6.10 Å². The average Bonchev–Trinajstić information content (AvgIpc) is 3.27. The van der Waals surface area contributed by atoms with E-state index in [9.17, 15) is 9.59 Å². The van der Waals surface area contributed by atoms with E-state index in [0.29, 0.717) is 19.4 Å². The Bertz CT molecular complexity index is 1200. The molecule has 0 aromatic rings. The van der Waals surface area contributed by atoms with Crippen molar-refractivity contribution in [3.8, 4) is 0 Å². The Hall–Kier alpha value is -3.18. The lowest BCUT2D eigenvalue weighted by Gasteiger charge is -2.18. The maximum atomic E-state index is 12.8. The fourth-order valence-electron chi connectivity index (χ4n) is 6.81. The molecule has 0 aromatic heterocycles. The van der Waals surface area contributed by atoms with Gasteiger partial charge in [0.15, 0.2) is 6.10 Å². The zero-order valence-corrected chi connectivity index (χ0v) is 40.6. The van der Waals surface area contributed by atoms with E-state index >= 15 is 0 Å². The van der Waals surface area contributed by atoms with E-state index in [0.717, 1.165) is 109 Å². The number of carbonyl (C=O) groups is 2. The molecular formula is C57H96O5. The Kier molecular flexibility index (Phi) is 49.5. The number of rotatable bonds is 46. The standard InChI is InChI=1S/C57H96O5/c1-4-7-10-13-16-19-22-25-28-29-31-32-35-38-41-44-47-50-56(58)61-54-55(53-60-52-49-46-43-40-37-34-27-24-21-18-15-12-9-6-3)62-57(59)51-48-45-42-39-36-33-30-26-23-20-17-14-11-8-5-2/h7-8,10-12,15-17,19-21,24-26,28,30,55H,4-6,9,13-14,18,22-23,27,29,31-54H2,1-3H3/b10-7-,11-8-,15-12-,19-16-,20-17-,24-21-,28-25-,30-26-. The third-order valence-electron chi connectivity index (χ3n) is 10.6. The lowest BCUT2D eigenvalue weighted by molar-refractivity contribution is -0.163. The molecule has 0 N–H and O–H groups in total. The summed E-state index contributed by atoms with van der Waals surface area (Å²) in [6, 6.07) is 0. The number of ether oxygens (including phenoxy) is 3. The number of hydrogen-bond acceptors (Lipinski definition) is 5. The normalized spacial score (nSPS) is 13.0. The average molecular weight is 861 g/mol. The molecule has 5 nitrogen and oxygen atoms in total. The summed E-state index contributed by atoms with van der Waals surface area (Å²) in [4.78, 5) is 25.4. The third-order valence-corrected chi connectivity index (χ3v) is 10.6. The van der Waals surface area contributed by atoms with Crippen molar-refractivity contribution >= 4 is 11.9 Å². The molecule has 0 rings (SSSR count). The number of esters is 2. The third kappa shape index (κ3) is 49.5. The molecule has 0 saturated carbocycles. The molecular weight excluding hydrogens is 765 g/mol. The van der Waals surface area contributed by atoms with Gasteiger partial charge in [0.05, 0.1) is 6.61 Å². The van der Waals surface area contributed by atoms with Gasteiger partial charge < -0.3 is 14.2 Å². The van der Waals surface area contributed by atoms with Crippen molar-refractivity contribution in [1.82, 2.24) is 0 Å². The van der Waals surface area contributed by atoms with Crippen LogP contribution in [0.3, 0.4) is 0 Å². The summed E-state index contributed by atoms with van der Waals surface area (Å²) < 4.78 is 17.4. The number of hydrogen-bond donors (Lipinski definition) is 0. The van der Waals surface area contributed by atoms with Crippen molar-refractivity contribution in [2.75, 3.05) is 19.8 Å². The molecule has 1 atom stereocenters. The van der Waals surface area contributed by atoms with Crippen LogP contribution < -0.4 is 0 Å². The monoisotopic (exact) mass is 861 g/mol. The van der Waals surface area contributed by atoms with Crippen LogP contribution in [0.5, 0.6) is 0 Å². The maximum absolute atomic E-state index is 12.8. The molecule has 0 heterocycles. The van der Waals surface area contributed by atoms with Gasteiger partial charge in [-0.25, -0.2) is 0 Å². The second-order valence-corrected chi connectivity index (χ2v) is 16.7. The minimum Gasteiger partial charge on any atom is -0.462 e. The molecule has 1 unspecified atom stereocenters. The molecule has 5 heteroatoms. The lowest BCUT2D eigenvalue weighted by atomic mass is 10.1. The predicted molar refractivity (Wildman–Crippen MR) is 270 cm³/mol. The minimum atomic E-state index is -0.560. The largest absolute Gasteiger partial charge is 0.462 e. The molecule has 0 bridgehead atoms. The first-order chi connectivity index (χ1) is 30.6. The lowest BCUT2D eigenvalue weighted by Crippen LogP contribution is -2.30. The summed E-state index contributed by atoms with van der Waals surface area (Å²) in [5.41, 5.74) is 0. The van der Waals surface area contributed by atoms with E-state index in [-0.39, 0.29) is 25.2 Å². The summed E-state index contributed by atoms with van der Waals surface area (Å²) in [6.45, 7) is 7.49. The second kappa shape index (κ2) is 52.2. The van der Waals surface area contributed by atoms with Gasteiger partial charge >= 0.3 is 11.9 Å². The van der Waals surface area contributed by atoms with Crippen LogP contribution >= 0.6 is 0 Å². The fourth-order valence-corrected chi connectivity index (χ4v) is 6.81. The van der Waals surface area contributed by atoms with E-state index in [1.54, 1.807) is 0 Å². The van der Waals surface area contributed by atoms with Gasteiger partial charge in [-0.15, -0.1) is 0 Å². The molecule has 0 aromatic carbocycles. The van der Waals surface area contributed by atoms with Crippen LogP contribution in [-0.4, -0.2) is 37.9 Å². The van der Waals surface area contributed by atoms with Crippen molar-refractivity contribution < 1.29 is 23.8 Å². The van der Waals surface area contributed by atoms with Crippen LogP contribution in [0.15, 0.2) is 97.2 Å². The molecule has 0 radical (unpaired) electrons. The number of carbonyl (C=O) groups excluding carboxylic acids is 2. The number of unbranched alkanes of at least 4 members (excludes halogenated alkanes) is 19. The van der Waals surface area contributed by atoms with Crippen molar-refractivity contribution in [2.45, 2.75) is 232 Å². The summed E-state index contributed by atoms with van der Waals surface area (Å²) in [5, 5.41) is 0. The summed E-state index contributed by atoms with van der Waals surface area (Å²) in [7, 11) is 0. The van der Waals surface area contributed by atoms with E-state index in [2.05, 4.69) is 118 Å². The molecule has 0 aliphatic heterocycles. The van der Waals surface area contributed by atoms with Crippen molar-refractivity contribution in [3.63, 3.8) is 0 Å². The predicted octanol–water partition coefficient (Wildman–Crippen LogP) is 17.5. The highest BCUT2D eigenvalue weighted by atomic mass is 16.6. The zero-order chi connectivity index (χ0) is 44.9. The minimum absolute atomic E-state index is 0.0638. The first-order valence-electron chi connectivity index (χ1n) is 25.8. The topological polar surface area (TPSA) is 61.8 Å². The van der Waals surface area contributed by atoms with E-state index in [1.807, 2.05) is 0 Å². The molecule has 62 heavy (non-hydrogen) atoms. The highest BCUT2D eigenvalue weighted by molar-refractivity contribution is 5.70. The van der Waals surface area contributed by atoms with Gasteiger partial charge in [-0.1, -0.05) is 201 Å². The molecule has 0 fully saturated rings. The van der Waals surface area contributed by atoms with Gasteiger partial charge in [0.25, 0.3) is 0 Å². The summed E-state index contributed by atoms with van der Waals surface area (Å²) in [5.74, 6) is -0.437. The Labute approximate surface area is 383 Å². The quantitative estimate of drug-likeness (QED) is 0.0347. The summed E-state index contributed by atoms with van der Waals surface area (Å²) >= 11 is 0. The molecule has 0 amide bonds. The van der Waals surface area contributed by atoms with Gasteiger partial charge in [-0.2, -0.15) is 0 Å². The Balaban J connectivity index is 4.34. The van der Waals surface area contributed by atoms with Gasteiger partial charge in [0.1, 0.15) is 6.61 Å². The van der Waals surface area contributed by atoms with Crippen molar-refractivity contribution in [2.24, 2.45) is 0 Å². The fraction of sp³-hybridized carbons (Fsp3) is 0.684. The van der Waals surface area contributed by atoms with Crippen molar-refractivity contribution in [1.29, 1.82) is 0 Å². The summed E-state index contributed by atoms with van der Waals surface area (Å²) in [6.07, 6.45) is 69.8. The molecule has 0 aliphatic rings. The molecule has 0 spiro atoms. The van der Waals surface area contributed by atoms with Gasteiger partial charge in [-0.05, 0) is 109 Å². The van der Waals surface area contributed by atoms with E-state index in [4.69, 9.17) is 14.2 Å². The van der Waals surface area contributed by atoms with Crippen LogP contribution in [0, 0.1) is 0 Å². The highest BCUT2D eigenvalue weighted by Gasteiger charge is 2.17. The van der Waals surface area contributed by atoms with Crippen LogP contribution in [0.25, 0.3) is 0 Å². The highest BCUT2D eigenvalue weighted by Crippen LogP contribution is 2.13. The Morgan fingerprint density at radius 3 is 1.16 bits per heavy atom. The van der Waals surface area contributed by atoms with Crippen LogP contribution in [0.4, 0.5) is 0 Å². The van der Waals surface area contributed by atoms with Crippen LogP contribution in [-0.2, 0) is 23.8 Å². The van der Waals surface area contributed by atoms with E-state index in [1.165, 1.54) is 83.5 Å². The maximum Gasteiger partial charge on any atom is 0.306 e. The first kappa shape index (κ1) is 58.8. The molecule has 0 saturated heterocycles. The smallest absolute Gasteiger partial charge is 0.306 e. The van der Waals surface area contributed by atoms with Crippen LogP contribution in [0.1, 0.15) is 226 Å². The SMILES string of the molecule is CC/C=C\C/C=C\C/C=C\CCCCCCCCCC(=O)OCC(COCCCCCCCC/C=C\C/C=C\CCC)OC(=O)CCCCCCC/C=C\C/C=C\C/C=C\CC. The van der Waals surface area contributed by atoms with Crippen LogP contribution in [0.2, 0.25) is 0 Å². The number of allylic oxidation sites excluding steroid dienone is 16. The molecule has 354 valence electrons. The first-order valence-corrected chi connectivity index (χ1v) is 25.8. The zero-order valence-electron chi connectivity index (χ0n) is 40.6. The Morgan fingerprint density at radius 1 is 0.371 bits per heavy atom. The second-order valence-electron chi connectivity index (χ2n) is 16.7. The Morgan fingerprint density at radius 2 is 0.726 bits per heavy atom.